The number of Topliss-reactive ketones (excluding diaryl/α,β-unsaturated/α-hetero) is 1. The molecule has 2 heterocycles. The Bertz CT molecular complexity index is 1290. The monoisotopic (exact) mass is 491 g/mol. The van der Waals surface area contributed by atoms with Crippen LogP contribution in [-0.4, -0.2) is 39.4 Å². The fourth-order valence-corrected chi connectivity index (χ4v) is 5.29. The van der Waals surface area contributed by atoms with E-state index >= 15 is 0 Å². The zero-order valence-electron chi connectivity index (χ0n) is 20.8. The molecule has 0 spiro atoms. The van der Waals surface area contributed by atoms with Gasteiger partial charge in [-0.05, 0) is 61.6 Å². The van der Waals surface area contributed by atoms with E-state index in [2.05, 4.69) is 5.32 Å². The molecule has 0 saturated heterocycles. The van der Waals surface area contributed by atoms with E-state index in [0.29, 0.717) is 59.3 Å². The number of rotatable bonds is 6. The number of carbonyl (C=O) groups excluding carboxylic acids is 2. The van der Waals surface area contributed by atoms with Gasteiger partial charge in [-0.2, -0.15) is 0 Å². The number of esters is 1. The normalized spacial score (nSPS) is 20.6. The second-order valence-corrected chi connectivity index (χ2v) is 8.96. The first-order chi connectivity index (χ1) is 17.4. The summed E-state index contributed by atoms with van der Waals surface area (Å²) in [5.41, 5.74) is 4.27. The van der Waals surface area contributed by atoms with Gasteiger partial charge in [0.15, 0.2) is 28.8 Å². The van der Waals surface area contributed by atoms with Crippen molar-refractivity contribution in [3.8, 4) is 23.0 Å². The molecule has 8 heteroatoms. The summed E-state index contributed by atoms with van der Waals surface area (Å²) in [5.74, 6) is 1.45. The van der Waals surface area contributed by atoms with E-state index < -0.39 is 11.9 Å². The van der Waals surface area contributed by atoms with Crippen LogP contribution in [0.1, 0.15) is 49.7 Å². The number of dihydropyridines is 1. The van der Waals surface area contributed by atoms with E-state index in [0.717, 1.165) is 16.8 Å². The van der Waals surface area contributed by atoms with Crippen LogP contribution in [0.25, 0.3) is 0 Å². The molecule has 0 aromatic heterocycles. The van der Waals surface area contributed by atoms with E-state index in [4.69, 9.17) is 23.7 Å². The Kier molecular flexibility index (Phi) is 6.35. The molecule has 188 valence electrons. The second-order valence-electron chi connectivity index (χ2n) is 8.96. The first-order valence-corrected chi connectivity index (χ1v) is 12.0. The van der Waals surface area contributed by atoms with Crippen LogP contribution in [0.3, 0.4) is 0 Å². The lowest BCUT2D eigenvalue weighted by molar-refractivity contribution is -0.136. The molecule has 3 aliphatic rings. The van der Waals surface area contributed by atoms with Gasteiger partial charge in [-0.25, -0.2) is 4.79 Å². The molecule has 5 rings (SSSR count). The molecular weight excluding hydrogens is 462 g/mol. The van der Waals surface area contributed by atoms with Crippen LogP contribution >= 0.6 is 0 Å². The molecule has 0 saturated carbocycles. The summed E-state index contributed by atoms with van der Waals surface area (Å²) in [6.45, 7) is 4.44. The van der Waals surface area contributed by atoms with Gasteiger partial charge in [-0.1, -0.05) is 12.1 Å². The van der Waals surface area contributed by atoms with Crippen molar-refractivity contribution in [1.82, 2.24) is 5.32 Å². The number of hydrogen-bond donors (Lipinski definition) is 1. The van der Waals surface area contributed by atoms with Crippen LogP contribution in [0, 0.1) is 0 Å². The van der Waals surface area contributed by atoms with Crippen LogP contribution in [0.15, 0.2) is 58.9 Å². The molecule has 2 aliphatic heterocycles. The van der Waals surface area contributed by atoms with Gasteiger partial charge in [0.2, 0.25) is 6.79 Å². The van der Waals surface area contributed by atoms with Crippen LogP contribution in [-0.2, 0) is 14.3 Å². The van der Waals surface area contributed by atoms with Gasteiger partial charge >= 0.3 is 5.97 Å². The number of carbonyl (C=O) groups is 2. The molecular formula is C28H29NO7. The minimum atomic E-state index is -0.563. The maximum atomic E-state index is 13.7. The minimum Gasteiger partial charge on any atom is -0.493 e. The average molecular weight is 492 g/mol. The highest BCUT2D eigenvalue weighted by Gasteiger charge is 2.41. The number of benzene rings is 2. The molecule has 8 nitrogen and oxygen atoms in total. The number of methoxy groups -OCH3 is 2. The Morgan fingerprint density at radius 1 is 1.03 bits per heavy atom. The Morgan fingerprint density at radius 3 is 2.56 bits per heavy atom. The Hall–Kier alpha value is -3.94. The summed E-state index contributed by atoms with van der Waals surface area (Å²) in [6, 6.07) is 11.3. The molecule has 2 atom stereocenters. The van der Waals surface area contributed by atoms with Crippen molar-refractivity contribution in [1.29, 1.82) is 0 Å². The van der Waals surface area contributed by atoms with Gasteiger partial charge in [0, 0.05) is 29.3 Å². The standard InChI is InChI=1S/C28H29NO7/c1-5-34-21-8-6-16(12-23(21)32-3)18-10-19-27(20(30)11-18)26(25(15(2)29-19)28(31)33-4)17-7-9-22-24(13-17)36-14-35-22/h6-9,12-13,18,26,29H,5,10-11,14H2,1-4H3/t18-,26-/m0/s1. The number of ketones is 1. The Labute approximate surface area is 209 Å². The Morgan fingerprint density at radius 2 is 1.81 bits per heavy atom. The predicted octanol–water partition coefficient (Wildman–Crippen LogP) is 4.36. The number of nitrogens with one attached hydrogen (secondary N) is 1. The van der Waals surface area contributed by atoms with Gasteiger partial charge in [0.25, 0.3) is 0 Å². The lowest BCUT2D eigenvalue weighted by Gasteiger charge is -2.36. The summed E-state index contributed by atoms with van der Waals surface area (Å²) < 4.78 is 27.3. The average Bonchev–Trinajstić information content (AvgIpc) is 3.35. The van der Waals surface area contributed by atoms with Gasteiger partial charge in [-0.15, -0.1) is 0 Å². The van der Waals surface area contributed by atoms with E-state index in [1.807, 2.05) is 50.2 Å². The van der Waals surface area contributed by atoms with Crippen LogP contribution < -0.4 is 24.3 Å². The van der Waals surface area contributed by atoms with Gasteiger partial charge < -0.3 is 29.0 Å². The van der Waals surface area contributed by atoms with Gasteiger partial charge in [0.1, 0.15) is 0 Å². The van der Waals surface area contributed by atoms with Gasteiger partial charge in [-0.3, -0.25) is 4.79 Å². The van der Waals surface area contributed by atoms with Crippen molar-refractivity contribution in [2.24, 2.45) is 0 Å². The molecule has 2 aromatic carbocycles. The maximum Gasteiger partial charge on any atom is 0.336 e. The Balaban J connectivity index is 1.55. The van der Waals surface area contributed by atoms with Gasteiger partial charge in [0.05, 0.1) is 26.4 Å². The van der Waals surface area contributed by atoms with Crippen LogP contribution in [0.2, 0.25) is 0 Å². The third-order valence-corrected chi connectivity index (χ3v) is 6.92. The molecule has 2 aromatic rings. The van der Waals surface area contributed by atoms with Crippen molar-refractivity contribution in [3.63, 3.8) is 0 Å². The topological polar surface area (TPSA) is 92.3 Å². The summed E-state index contributed by atoms with van der Waals surface area (Å²) >= 11 is 0. The summed E-state index contributed by atoms with van der Waals surface area (Å²) in [6.07, 6.45) is 0.928. The SMILES string of the molecule is CCOc1ccc([C@@H]2CC(=O)C3=C(C2)NC(C)=C(C(=O)OC)[C@@H]3c2ccc3c(c2)OCO3)cc1OC. The maximum absolute atomic E-state index is 13.7. The van der Waals surface area contributed by atoms with Crippen molar-refractivity contribution >= 4 is 11.8 Å². The van der Waals surface area contributed by atoms with E-state index in [-0.39, 0.29) is 18.5 Å². The second kappa shape index (κ2) is 9.60. The molecule has 0 bridgehead atoms. The van der Waals surface area contributed by atoms with E-state index in [9.17, 15) is 9.59 Å². The minimum absolute atomic E-state index is 0.0156. The number of hydrogen-bond acceptors (Lipinski definition) is 8. The highest BCUT2D eigenvalue weighted by Crippen LogP contribution is 2.48. The molecule has 0 radical (unpaired) electrons. The highest BCUT2D eigenvalue weighted by atomic mass is 16.7. The predicted molar refractivity (Wildman–Crippen MR) is 131 cm³/mol. The summed E-state index contributed by atoms with van der Waals surface area (Å²) in [7, 11) is 2.96. The van der Waals surface area contributed by atoms with Crippen LogP contribution in [0.4, 0.5) is 0 Å². The van der Waals surface area contributed by atoms with E-state index in [1.165, 1.54) is 7.11 Å². The largest absolute Gasteiger partial charge is 0.493 e. The zero-order valence-corrected chi connectivity index (χ0v) is 20.8. The first-order valence-electron chi connectivity index (χ1n) is 12.0. The first kappa shape index (κ1) is 23.8. The van der Waals surface area contributed by atoms with Crippen LogP contribution in [0.5, 0.6) is 23.0 Å². The van der Waals surface area contributed by atoms with Crippen molar-refractivity contribution in [2.75, 3.05) is 27.6 Å². The summed E-state index contributed by atoms with van der Waals surface area (Å²) in [5, 5.41) is 3.35. The fourth-order valence-electron chi connectivity index (χ4n) is 5.29. The molecule has 36 heavy (non-hydrogen) atoms. The smallest absolute Gasteiger partial charge is 0.336 e. The summed E-state index contributed by atoms with van der Waals surface area (Å²) in [4.78, 5) is 26.6. The molecule has 0 unspecified atom stereocenters. The molecule has 0 amide bonds. The lowest BCUT2D eigenvalue weighted by atomic mass is 9.71. The van der Waals surface area contributed by atoms with Crippen molar-refractivity contribution in [2.45, 2.75) is 38.5 Å². The van der Waals surface area contributed by atoms with Crippen molar-refractivity contribution in [3.05, 3.63) is 70.1 Å². The number of ether oxygens (including phenoxy) is 5. The fraction of sp³-hybridized carbons (Fsp3) is 0.357. The van der Waals surface area contributed by atoms with E-state index in [1.54, 1.807) is 7.11 Å². The lowest BCUT2D eigenvalue weighted by Crippen LogP contribution is -2.36. The molecule has 1 N–H and O–H groups in total. The molecule has 0 fully saturated rings. The third-order valence-electron chi connectivity index (χ3n) is 6.92. The number of allylic oxidation sites excluding steroid dienone is 3. The zero-order chi connectivity index (χ0) is 25.4. The highest BCUT2D eigenvalue weighted by molar-refractivity contribution is 6.04. The number of fused-ring (bicyclic) bond motifs is 1. The quantitative estimate of drug-likeness (QED) is 0.596. The van der Waals surface area contributed by atoms with Crippen molar-refractivity contribution < 1.29 is 33.3 Å². The molecule has 1 aliphatic carbocycles. The third kappa shape index (κ3) is 4.06.